The van der Waals surface area contributed by atoms with Crippen molar-refractivity contribution < 1.29 is 4.74 Å². The highest BCUT2D eigenvalue weighted by atomic mass is 16.5. The number of rotatable bonds is 16. The highest BCUT2D eigenvalue weighted by molar-refractivity contribution is 5.77. The Kier molecular flexibility index (Phi) is 11.2. The summed E-state index contributed by atoms with van der Waals surface area (Å²) in [7, 11) is 0. The molecular formula is C30H42N2O. The molecule has 0 saturated carbocycles. The van der Waals surface area contributed by atoms with Crippen molar-refractivity contribution in [1.82, 2.24) is 9.97 Å². The summed E-state index contributed by atoms with van der Waals surface area (Å²) in [4.78, 5) is 9.54. The molecule has 0 fully saturated rings. The van der Waals surface area contributed by atoms with Gasteiger partial charge < -0.3 is 4.74 Å². The second-order valence-corrected chi connectivity index (χ2v) is 9.24. The second kappa shape index (κ2) is 14.7. The number of hydrogen-bond acceptors (Lipinski definition) is 3. The standard InChI is InChI=1S/C30H42N2O/c1-3-5-7-9-10-11-12-14-22-33-27-19-17-26(18-20-27)30-24-31-29-23-25(15-13-8-6-4-2)16-21-28(29)32-30/h16-21,23-24H,3-15,22H2,1-2H3. The van der Waals surface area contributed by atoms with Gasteiger partial charge >= 0.3 is 0 Å². The smallest absolute Gasteiger partial charge is 0.119 e. The molecular weight excluding hydrogens is 404 g/mol. The van der Waals surface area contributed by atoms with Crippen molar-refractivity contribution in [3.8, 4) is 17.0 Å². The summed E-state index contributed by atoms with van der Waals surface area (Å²) >= 11 is 0. The van der Waals surface area contributed by atoms with Gasteiger partial charge in [-0.25, -0.2) is 4.98 Å². The molecule has 0 aliphatic heterocycles. The number of hydrogen-bond donors (Lipinski definition) is 0. The van der Waals surface area contributed by atoms with Crippen LogP contribution in [0.4, 0.5) is 0 Å². The summed E-state index contributed by atoms with van der Waals surface area (Å²) < 4.78 is 5.94. The maximum atomic E-state index is 5.94. The predicted molar refractivity (Wildman–Crippen MR) is 141 cm³/mol. The van der Waals surface area contributed by atoms with E-state index >= 15 is 0 Å². The fourth-order valence-corrected chi connectivity index (χ4v) is 4.25. The Bertz CT molecular complexity index is 936. The number of nitrogens with zero attached hydrogens (tertiary/aromatic N) is 2. The van der Waals surface area contributed by atoms with Gasteiger partial charge in [-0.15, -0.1) is 0 Å². The van der Waals surface area contributed by atoms with E-state index < -0.39 is 0 Å². The van der Waals surface area contributed by atoms with Gasteiger partial charge in [0.25, 0.3) is 0 Å². The van der Waals surface area contributed by atoms with E-state index in [0.717, 1.165) is 47.5 Å². The maximum absolute atomic E-state index is 5.94. The summed E-state index contributed by atoms with van der Waals surface area (Å²) in [5, 5.41) is 0. The lowest BCUT2D eigenvalue weighted by atomic mass is 10.1. The first kappa shape index (κ1) is 25.2. The predicted octanol–water partition coefficient (Wildman–Crippen LogP) is 8.94. The highest BCUT2D eigenvalue weighted by Gasteiger charge is 2.05. The second-order valence-electron chi connectivity index (χ2n) is 9.24. The molecule has 0 N–H and O–H groups in total. The van der Waals surface area contributed by atoms with E-state index in [2.05, 4.69) is 44.2 Å². The number of aromatic nitrogens is 2. The fraction of sp³-hybridized carbons (Fsp3) is 0.533. The average molecular weight is 447 g/mol. The van der Waals surface area contributed by atoms with Crippen LogP contribution in [0.5, 0.6) is 5.75 Å². The molecule has 3 nitrogen and oxygen atoms in total. The Labute approximate surface area is 201 Å². The minimum Gasteiger partial charge on any atom is -0.494 e. The molecule has 0 aliphatic carbocycles. The topological polar surface area (TPSA) is 35.0 Å². The van der Waals surface area contributed by atoms with E-state index in [-0.39, 0.29) is 0 Å². The first-order valence-electron chi connectivity index (χ1n) is 13.3. The van der Waals surface area contributed by atoms with Gasteiger partial charge in [0.1, 0.15) is 5.75 Å². The minimum atomic E-state index is 0.796. The van der Waals surface area contributed by atoms with Gasteiger partial charge in [0, 0.05) is 5.56 Å². The van der Waals surface area contributed by atoms with Crippen molar-refractivity contribution in [3.05, 3.63) is 54.2 Å². The molecule has 0 amide bonds. The Morgan fingerprint density at radius 1 is 0.667 bits per heavy atom. The van der Waals surface area contributed by atoms with E-state index in [9.17, 15) is 0 Å². The monoisotopic (exact) mass is 446 g/mol. The minimum absolute atomic E-state index is 0.796. The third-order valence-corrected chi connectivity index (χ3v) is 6.34. The molecule has 0 radical (unpaired) electrons. The van der Waals surface area contributed by atoms with Crippen LogP contribution in [0.25, 0.3) is 22.3 Å². The molecule has 0 saturated heterocycles. The Balaban J connectivity index is 1.45. The first-order valence-corrected chi connectivity index (χ1v) is 13.3. The van der Waals surface area contributed by atoms with Crippen LogP contribution in [-0.2, 0) is 6.42 Å². The zero-order chi connectivity index (χ0) is 23.1. The van der Waals surface area contributed by atoms with Gasteiger partial charge in [0.05, 0.1) is 29.5 Å². The molecule has 1 aromatic heterocycles. The van der Waals surface area contributed by atoms with Gasteiger partial charge in [-0.1, -0.05) is 84.1 Å². The van der Waals surface area contributed by atoms with Crippen molar-refractivity contribution in [2.24, 2.45) is 0 Å². The highest BCUT2D eigenvalue weighted by Crippen LogP contribution is 2.23. The summed E-state index contributed by atoms with van der Waals surface area (Å²) in [5.74, 6) is 0.933. The van der Waals surface area contributed by atoms with Crippen LogP contribution in [0.15, 0.2) is 48.7 Å². The van der Waals surface area contributed by atoms with E-state index in [0.29, 0.717) is 0 Å². The third kappa shape index (κ3) is 8.79. The lowest BCUT2D eigenvalue weighted by Gasteiger charge is -2.08. The Morgan fingerprint density at radius 3 is 2.06 bits per heavy atom. The third-order valence-electron chi connectivity index (χ3n) is 6.34. The lowest BCUT2D eigenvalue weighted by molar-refractivity contribution is 0.304. The van der Waals surface area contributed by atoms with Crippen LogP contribution in [0, 0.1) is 0 Å². The van der Waals surface area contributed by atoms with Crippen LogP contribution in [0.1, 0.15) is 96.5 Å². The molecule has 1 heterocycles. The van der Waals surface area contributed by atoms with E-state index in [4.69, 9.17) is 14.7 Å². The lowest BCUT2D eigenvalue weighted by Crippen LogP contribution is -1.97. The van der Waals surface area contributed by atoms with Gasteiger partial charge in [-0.05, 0) is 61.2 Å². The molecule has 2 aromatic carbocycles. The number of ether oxygens (including phenoxy) is 1. The van der Waals surface area contributed by atoms with Crippen LogP contribution in [-0.4, -0.2) is 16.6 Å². The molecule has 3 rings (SSSR count). The average Bonchev–Trinajstić information content (AvgIpc) is 2.85. The summed E-state index contributed by atoms with van der Waals surface area (Å²) in [5.41, 5.74) is 5.29. The summed E-state index contributed by atoms with van der Waals surface area (Å²) in [6.45, 7) is 5.32. The zero-order valence-electron chi connectivity index (χ0n) is 20.8. The molecule has 33 heavy (non-hydrogen) atoms. The summed E-state index contributed by atoms with van der Waals surface area (Å²) in [6.07, 6.45) is 18.7. The summed E-state index contributed by atoms with van der Waals surface area (Å²) in [6, 6.07) is 14.8. The quantitative estimate of drug-likeness (QED) is 0.206. The first-order chi connectivity index (χ1) is 16.3. The molecule has 0 atom stereocenters. The Morgan fingerprint density at radius 2 is 1.33 bits per heavy atom. The van der Waals surface area contributed by atoms with Crippen molar-refractivity contribution >= 4 is 11.0 Å². The molecule has 0 aliphatic rings. The van der Waals surface area contributed by atoms with E-state index in [1.165, 1.54) is 76.2 Å². The van der Waals surface area contributed by atoms with Crippen LogP contribution in [0.2, 0.25) is 0 Å². The molecule has 3 heteroatoms. The molecule has 0 unspecified atom stereocenters. The van der Waals surface area contributed by atoms with Crippen LogP contribution >= 0.6 is 0 Å². The molecule has 0 bridgehead atoms. The fourth-order valence-electron chi connectivity index (χ4n) is 4.25. The maximum Gasteiger partial charge on any atom is 0.119 e. The van der Waals surface area contributed by atoms with Crippen molar-refractivity contribution in [2.45, 2.75) is 97.3 Å². The van der Waals surface area contributed by atoms with E-state index in [1.54, 1.807) is 0 Å². The van der Waals surface area contributed by atoms with Crippen molar-refractivity contribution in [3.63, 3.8) is 0 Å². The van der Waals surface area contributed by atoms with Gasteiger partial charge in [-0.2, -0.15) is 0 Å². The Hall–Kier alpha value is -2.42. The number of aryl methyl sites for hydroxylation is 1. The van der Waals surface area contributed by atoms with Gasteiger partial charge in [-0.3, -0.25) is 4.98 Å². The van der Waals surface area contributed by atoms with Crippen LogP contribution < -0.4 is 4.74 Å². The van der Waals surface area contributed by atoms with Gasteiger partial charge in [0.2, 0.25) is 0 Å². The molecule has 3 aromatic rings. The van der Waals surface area contributed by atoms with Gasteiger partial charge in [0.15, 0.2) is 0 Å². The van der Waals surface area contributed by atoms with Crippen LogP contribution in [0.3, 0.4) is 0 Å². The number of benzene rings is 2. The number of fused-ring (bicyclic) bond motifs is 1. The van der Waals surface area contributed by atoms with E-state index in [1.807, 2.05) is 18.3 Å². The normalized spacial score (nSPS) is 11.2. The molecule has 178 valence electrons. The largest absolute Gasteiger partial charge is 0.494 e. The SMILES string of the molecule is CCCCCCCCCCOc1ccc(-c2cnc3cc(CCCCCC)ccc3n2)cc1. The van der Waals surface area contributed by atoms with Crippen molar-refractivity contribution in [2.75, 3.05) is 6.61 Å². The molecule has 0 spiro atoms. The number of unbranched alkanes of at least 4 members (excludes halogenated alkanes) is 10. The van der Waals surface area contributed by atoms with Crippen molar-refractivity contribution in [1.29, 1.82) is 0 Å². The zero-order valence-corrected chi connectivity index (χ0v) is 20.8.